The first kappa shape index (κ1) is 13.0. The lowest BCUT2D eigenvalue weighted by atomic mass is 9.95. The van der Waals surface area contributed by atoms with E-state index in [1.165, 1.54) is 38.5 Å². The molecule has 0 aromatic heterocycles. The van der Waals surface area contributed by atoms with Gasteiger partial charge in [0.15, 0.2) is 0 Å². The molecule has 19 heavy (non-hydrogen) atoms. The summed E-state index contributed by atoms with van der Waals surface area (Å²) < 4.78 is 0.990. The molecule has 0 radical (unpaired) electrons. The molecule has 3 heteroatoms. The molecule has 0 N–H and O–H groups in total. The van der Waals surface area contributed by atoms with Gasteiger partial charge in [-0.3, -0.25) is 0 Å². The van der Waals surface area contributed by atoms with Crippen molar-refractivity contribution in [2.75, 3.05) is 11.4 Å². The summed E-state index contributed by atoms with van der Waals surface area (Å²) in [5.74, 6) is 0.845. The summed E-state index contributed by atoms with van der Waals surface area (Å²) >= 11 is 3.46. The fraction of sp³-hybridized carbons (Fsp3) is 0.562. The van der Waals surface area contributed by atoms with Crippen LogP contribution in [0.1, 0.15) is 44.1 Å². The number of benzene rings is 1. The van der Waals surface area contributed by atoms with E-state index in [-0.39, 0.29) is 0 Å². The van der Waals surface area contributed by atoms with Gasteiger partial charge in [0, 0.05) is 17.1 Å². The van der Waals surface area contributed by atoms with Gasteiger partial charge in [-0.25, -0.2) is 0 Å². The molecule has 2 aliphatic rings. The Balaban J connectivity index is 1.90. The number of hydrogen-bond acceptors (Lipinski definition) is 2. The fourth-order valence-corrected chi connectivity index (χ4v) is 4.13. The van der Waals surface area contributed by atoms with E-state index in [1.54, 1.807) is 0 Å². The molecule has 1 aliphatic heterocycles. The Kier molecular flexibility index (Phi) is 3.79. The highest BCUT2D eigenvalue weighted by atomic mass is 79.9. The van der Waals surface area contributed by atoms with Crippen molar-refractivity contribution in [2.24, 2.45) is 5.92 Å². The summed E-state index contributed by atoms with van der Waals surface area (Å²) in [6, 6.07) is 9.12. The van der Waals surface area contributed by atoms with Gasteiger partial charge in [0.1, 0.15) is 6.07 Å². The average molecular weight is 319 g/mol. The van der Waals surface area contributed by atoms with Gasteiger partial charge >= 0.3 is 0 Å². The topological polar surface area (TPSA) is 27.0 Å². The number of hydrogen-bond donors (Lipinski definition) is 0. The highest BCUT2D eigenvalue weighted by Crippen LogP contribution is 2.39. The van der Waals surface area contributed by atoms with E-state index >= 15 is 0 Å². The second kappa shape index (κ2) is 5.54. The lowest BCUT2D eigenvalue weighted by molar-refractivity contribution is 0.430. The first-order valence-electron chi connectivity index (χ1n) is 7.26. The zero-order valence-electron chi connectivity index (χ0n) is 11.1. The lowest BCUT2D eigenvalue weighted by Crippen LogP contribution is -2.35. The maximum atomic E-state index is 9.36. The molecular weight excluding hydrogens is 300 g/mol. The molecule has 0 amide bonds. The van der Waals surface area contributed by atoms with E-state index in [4.69, 9.17) is 0 Å². The predicted octanol–water partition coefficient (Wildman–Crippen LogP) is 4.48. The lowest BCUT2D eigenvalue weighted by Gasteiger charge is -2.32. The van der Waals surface area contributed by atoms with Gasteiger partial charge in [-0.2, -0.15) is 5.26 Å². The highest BCUT2D eigenvalue weighted by molar-refractivity contribution is 9.10. The van der Waals surface area contributed by atoms with E-state index in [9.17, 15) is 5.26 Å². The van der Waals surface area contributed by atoms with E-state index < -0.39 is 0 Å². The largest absolute Gasteiger partial charge is 0.367 e. The maximum absolute atomic E-state index is 9.36. The second-order valence-corrected chi connectivity index (χ2v) is 6.64. The van der Waals surface area contributed by atoms with E-state index in [0.29, 0.717) is 6.04 Å². The zero-order valence-corrected chi connectivity index (χ0v) is 12.7. The van der Waals surface area contributed by atoms with Crippen LogP contribution in [0.3, 0.4) is 0 Å². The molecular formula is C16H19BrN2. The molecule has 1 aromatic carbocycles. The van der Waals surface area contributed by atoms with Gasteiger partial charge in [-0.05, 0) is 49.8 Å². The number of halogens is 1. The van der Waals surface area contributed by atoms with Crippen molar-refractivity contribution < 1.29 is 0 Å². The van der Waals surface area contributed by atoms with Crippen molar-refractivity contribution in [1.82, 2.24) is 0 Å². The first-order chi connectivity index (χ1) is 9.29. The van der Waals surface area contributed by atoms with E-state index in [1.807, 2.05) is 6.07 Å². The first-order valence-corrected chi connectivity index (χ1v) is 8.05. The molecule has 3 rings (SSSR count). The van der Waals surface area contributed by atoms with Gasteiger partial charge < -0.3 is 4.90 Å². The van der Waals surface area contributed by atoms with Crippen LogP contribution in [-0.2, 0) is 0 Å². The van der Waals surface area contributed by atoms with Crippen molar-refractivity contribution in [3.05, 3.63) is 28.2 Å². The van der Waals surface area contributed by atoms with Crippen LogP contribution >= 0.6 is 15.9 Å². The van der Waals surface area contributed by atoms with Crippen molar-refractivity contribution in [3.8, 4) is 6.07 Å². The van der Waals surface area contributed by atoms with Crippen molar-refractivity contribution in [1.29, 1.82) is 5.26 Å². The van der Waals surface area contributed by atoms with Gasteiger partial charge in [-0.1, -0.05) is 28.8 Å². The maximum Gasteiger partial charge on any atom is 0.101 e. The Morgan fingerprint density at radius 2 is 1.95 bits per heavy atom. The van der Waals surface area contributed by atoms with Crippen LogP contribution in [0.15, 0.2) is 22.7 Å². The SMILES string of the molecule is N#Cc1cc(Br)ccc1N1CCCC1C1CCCC1. The van der Waals surface area contributed by atoms with Crippen molar-refractivity contribution in [2.45, 2.75) is 44.6 Å². The van der Waals surface area contributed by atoms with Crippen molar-refractivity contribution >= 4 is 21.6 Å². The number of nitrogens with zero attached hydrogens (tertiary/aromatic N) is 2. The summed E-state index contributed by atoms with van der Waals surface area (Å²) in [4.78, 5) is 2.50. The molecule has 1 aromatic rings. The number of anilines is 1. The highest BCUT2D eigenvalue weighted by Gasteiger charge is 2.34. The number of nitriles is 1. The smallest absolute Gasteiger partial charge is 0.101 e. The van der Waals surface area contributed by atoms with Gasteiger partial charge in [0.05, 0.1) is 11.3 Å². The Hall–Kier alpha value is -1.01. The molecule has 1 saturated carbocycles. The molecule has 1 saturated heterocycles. The molecule has 1 heterocycles. The van der Waals surface area contributed by atoms with Crippen LogP contribution < -0.4 is 4.90 Å². The molecule has 100 valence electrons. The van der Waals surface area contributed by atoms with Gasteiger partial charge in [0.2, 0.25) is 0 Å². The normalized spacial score (nSPS) is 23.8. The summed E-state index contributed by atoms with van der Waals surface area (Å²) in [5, 5.41) is 9.36. The van der Waals surface area contributed by atoms with Gasteiger partial charge in [-0.15, -0.1) is 0 Å². The molecule has 0 bridgehead atoms. The minimum atomic E-state index is 0.663. The minimum absolute atomic E-state index is 0.663. The molecule has 2 nitrogen and oxygen atoms in total. The Morgan fingerprint density at radius 3 is 2.68 bits per heavy atom. The molecule has 1 aliphatic carbocycles. The van der Waals surface area contributed by atoms with Gasteiger partial charge in [0.25, 0.3) is 0 Å². The van der Waals surface area contributed by atoms with Crippen LogP contribution in [0, 0.1) is 17.2 Å². The molecule has 1 unspecified atom stereocenters. The van der Waals surface area contributed by atoms with E-state index in [2.05, 4.69) is 39.0 Å². The summed E-state index contributed by atoms with van der Waals surface area (Å²) in [5.41, 5.74) is 1.94. The molecule has 2 fully saturated rings. The summed E-state index contributed by atoms with van der Waals surface area (Å²) in [6.07, 6.45) is 8.09. The van der Waals surface area contributed by atoms with Crippen molar-refractivity contribution in [3.63, 3.8) is 0 Å². The third-order valence-corrected chi connectivity index (χ3v) is 5.12. The third kappa shape index (κ3) is 2.51. The Morgan fingerprint density at radius 1 is 1.16 bits per heavy atom. The van der Waals surface area contributed by atoms with Crippen LogP contribution in [0.2, 0.25) is 0 Å². The average Bonchev–Trinajstić information content (AvgIpc) is 3.08. The predicted molar refractivity (Wildman–Crippen MR) is 81.2 cm³/mol. The fourth-order valence-electron chi connectivity index (χ4n) is 3.77. The summed E-state index contributed by atoms with van der Waals surface area (Å²) in [6.45, 7) is 1.11. The Bertz CT molecular complexity index is 500. The zero-order chi connectivity index (χ0) is 13.2. The van der Waals surface area contributed by atoms with Crippen LogP contribution in [-0.4, -0.2) is 12.6 Å². The standard InChI is InChI=1S/C16H19BrN2/c17-14-7-8-16(13(10-14)11-18)19-9-3-6-15(19)12-4-1-2-5-12/h7-8,10,12,15H,1-6,9H2. The minimum Gasteiger partial charge on any atom is -0.367 e. The monoisotopic (exact) mass is 318 g/mol. The van der Waals surface area contributed by atoms with Crippen LogP contribution in [0.4, 0.5) is 5.69 Å². The number of rotatable bonds is 2. The van der Waals surface area contributed by atoms with Crippen LogP contribution in [0.25, 0.3) is 0 Å². The van der Waals surface area contributed by atoms with Crippen LogP contribution in [0.5, 0.6) is 0 Å². The second-order valence-electron chi connectivity index (χ2n) is 5.72. The third-order valence-electron chi connectivity index (χ3n) is 4.63. The quantitative estimate of drug-likeness (QED) is 0.803. The Labute approximate surface area is 123 Å². The molecule has 1 atom stereocenters. The molecule has 0 spiro atoms. The summed E-state index contributed by atoms with van der Waals surface area (Å²) in [7, 11) is 0. The van der Waals surface area contributed by atoms with E-state index in [0.717, 1.165) is 28.2 Å².